The van der Waals surface area contributed by atoms with Crippen molar-refractivity contribution in [2.24, 2.45) is 11.8 Å². The second-order valence-electron chi connectivity index (χ2n) is 7.78. The highest BCUT2D eigenvalue weighted by Gasteiger charge is 2.32. The Balaban J connectivity index is 1.24. The van der Waals surface area contributed by atoms with Gasteiger partial charge in [0.1, 0.15) is 5.82 Å². The van der Waals surface area contributed by atoms with Gasteiger partial charge in [-0.15, -0.1) is 0 Å². The monoisotopic (exact) mass is 393 g/mol. The largest absolute Gasteiger partial charge is 0.355 e. The van der Waals surface area contributed by atoms with Crippen molar-refractivity contribution in [2.45, 2.75) is 25.7 Å². The Morgan fingerprint density at radius 2 is 1.59 bits per heavy atom. The summed E-state index contributed by atoms with van der Waals surface area (Å²) in [6.07, 6.45) is 8.26. The van der Waals surface area contributed by atoms with Crippen LogP contribution >= 0.6 is 0 Å². The minimum Gasteiger partial charge on any atom is -0.355 e. The maximum absolute atomic E-state index is 12.9. The van der Waals surface area contributed by atoms with Gasteiger partial charge in [-0.1, -0.05) is 18.2 Å². The molecule has 1 aromatic heterocycles. The lowest BCUT2D eigenvalue weighted by atomic mass is 9.91. The van der Waals surface area contributed by atoms with Crippen LogP contribution in [0, 0.1) is 11.8 Å². The Bertz CT molecular complexity index is 814. The van der Waals surface area contributed by atoms with Crippen LogP contribution in [0.25, 0.3) is 0 Å². The predicted octanol–water partition coefficient (Wildman–Crippen LogP) is 2.57. The Morgan fingerprint density at radius 1 is 0.897 bits per heavy atom. The third kappa shape index (κ3) is 4.72. The molecule has 29 heavy (non-hydrogen) atoms. The third-order valence-electron chi connectivity index (χ3n) is 5.94. The summed E-state index contributed by atoms with van der Waals surface area (Å²) < 4.78 is 0. The normalized spacial score (nSPS) is 18.5. The number of carbonyl (C=O) groups excluding carboxylic acids is 2. The number of likely N-dealkylation sites (tertiary alicyclic amines) is 1. The zero-order valence-electron chi connectivity index (χ0n) is 16.5. The fraction of sp³-hybridized carbons (Fsp3) is 0.455. The van der Waals surface area contributed by atoms with Crippen molar-refractivity contribution in [2.75, 3.05) is 36.4 Å². The quantitative estimate of drug-likeness (QED) is 0.864. The number of rotatable bonds is 4. The highest BCUT2D eigenvalue weighted by molar-refractivity contribution is 5.92. The van der Waals surface area contributed by atoms with Crippen LogP contribution in [-0.2, 0) is 9.59 Å². The molecule has 3 heterocycles. The molecule has 0 unspecified atom stereocenters. The molecule has 2 saturated heterocycles. The number of nitrogens with zero attached hydrogens (tertiary/aromatic N) is 4. The van der Waals surface area contributed by atoms with E-state index in [0.717, 1.165) is 50.3 Å². The van der Waals surface area contributed by atoms with Crippen molar-refractivity contribution in [3.05, 3.63) is 48.9 Å². The van der Waals surface area contributed by atoms with E-state index in [4.69, 9.17) is 0 Å². The van der Waals surface area contributed by atoms with Crippen LogP contribution in [0.4, 0.5) is 11.5 Å². The van der Waals surface area contributed by atoms with E-state index in [1.807, 2.05) is 35.2 Å². The maximum atomic E-state index is 12.9. The Morgan fingerprint density at radius 3 is 2.24 bits per heavy atom. The van der Waals surface area contributed by atoms with E-state index in [-0.39, 0.29) is 23.7 Å². The van der Waals surface area contributed by atoms with Crippen LogP contribution < -0.4 is 10.2 Å². The fourth-order valence-electron chi connectivity index (χ4n) is 4.20. The van der Waals surface area contributed by atoms with Crippen molar-refractivity contribution in [1.29, 1.82) is 0 Å². The van der Waals surface area contributed by atoms with Gasteiger partial charge in [0.05, 0.1) is 6.20 Å². The SMILES string of the molecule is O=C(Nc1ccccc1)C1CCN(C(=O)C2CCN(c3cnccn3)CC2)CC1. The number of hydrogen-bond donors (Lipinski definition) is 1. The minimum absolute atomic E-state index is 0.0299. The molecule has 1 N–H and O–H groups in total. The molecule has 2 fully saturated rings. The van der Waals surface area contributed by atoms with E-state index in [0.29, 0.717) is 13.1 Å². The van der Waals surface area contributed by atoms with Crippen LogP contribution in [0.3, 0.4) is 0 Å². The third-order valence-corrected chi connectivity index (χ3v) is 5.94. The van der Waals surface area contributed by atoms with Crippen LogP contribution in [0.15, 0.2) is 48.9 Å². The minimum atomic E-state index is -0.0299. The lowest BCUT2D eigenvalue weighted by Gasteiger charge is -2.37. The van der Waals surface area contributed by atoms with Crippen LogP contribution in [0.2, 0.25) is 0 Å². The van der Waals surface area contributed by atoms with Gasteiger partial charge in [0.2, 0.25) is 11.8 Å². The summed E-state index contributed by atoms with van der Waals surface area (Å²) in [7, 11) is 0. The number of amides is 2. The number of anilines is 2. The Kier molecular flexibility index (Phi) is 6.03. The van der Waals surface area contributed by atoms with Crippen molar-refractivity contribution in [3.8, 4) is 0 Å². The lowest BCUT2D eigenvalue weighted by Crippen LogP contribution is -2.46. The van der Waals surface area contributed by atoms with E-state index in [1.54, 1.807) is 18.6 Å². The van der Waals surface area contributed by atoms with Gasteiger partial charge in [-0.05, 0) is 37.8 Å². The average Bonchev–Trinajstić information content (AvgIpc) is 2.80. The summed E-state index contributed by atoms with van der Waals surface area (Å²) >= 11 is 0. The molecule has 7 nitrogen and oxygen atoms in total. The molecule has 0 aliphatic carbocycles. The molecule has 0 saturated carbocycles. The molecule has 2 amide bonds. The van der Waals surface area contributed by atoms with Gasteiger partial charge in [-0.2, -0.15) is 0 Å². The predicted molar refractivity (Wildman–Crippen MR) is 111 cm³/mol. The number of nitrogens with one attached hydrogen (secondary N) is 1. The molecular weight excluding hydrogens is 366 g/mol. The Labute approximate surface area is 171 Å². The van der Waals surface area contributed by atoms with Gasteiger partial charge in [0, 0.05) is 56.1 Å². The molecule has 2 aromatic rings. The molecule has 4 rings (SSSR count). The lowest BCUT2D eigenvalue weighted by molar-refractivity contribution is -0.139. The van der Waals surface area contributed by atoms with Crippen molar-refractivity contribution in [1.82, 2.24) is 14.9 Å². The zero-order valence-corrected chi connectivity index (χ0v) is 16.5. The van der Waals surface area contributed by atoms with Gasteiger partial charge in [0.15, 0.2) is 0 Å². The summed E-state index contributed by atoms with van der Waals surface area (Å²) in [5.41, 5.74) is 0.825. The van der Waals surface area contributed by atoms with Gasteiger partial charge >= 0.3 is 0 Å². The highest BCUT2D eigenvalue weighted by Crippen LogP contribution is 2.26. The molecule has 1 aromatic carbocycles. The second-order valence-corrected chi connectivity index (χ2v) is 7.78. The standard InChI is InChI=1S/C22H27N5O2/c28-21(25-19-4-2-1-3-5-19)17-6-14-27(15-7-17)22(29)18-8-12-26(13-9-18)20-16-23-10-11-24-20/h1-5,10-11,16-18H,6-9,12-15H2,(H,25,28). The van der Waals surface area contributed by atoms with E-state index >= 15 is 0 Å². The number of piperidine rings is 2. The smallest absolute Gasteiger partial charge is 0.227 e. The van der Waals surface area contributed by atoms with E-state index in [1.165, 1.54) is 0 Å². The molecule has 0 spiro atoms. The Hall–Kier alpha value is -2.96. The number of benzene rings is 1. The van der Waals surface area contributed by atoms with Gasteiger partial charge in [0.25, 0.3) is 0 Å². The van der Waals surface area contributed by atoms with Crippen LogP contribution in [-0.4, -0.2) is 52.9 Å². The number of carbonyl (C=O) groups is 2. The number of para-hydroxylation sites is 1. The molecule has 0 bridgehead atoms. The first-order valence-electron chi connectivity index (χ1n) is 10.4. The summed E-state index contributed by atoms with van der Waals surface area (Å²) in [6.45, 7) is 2.97. The summed E-state index contributed by atoms with van der Waals surface area (Å²) in [5.74, 6) is 1.21. The molecule has 152 valence electrons. The topological polar surface area (TPSA) is 78.4 Å². The summed E-state index contributed by atoms with van der Waals surface area (Å²) in [5, 5.41) is 2.98. The first-order chi connectivity index (χ1) is 14.2. The molecule has 0 atom stereocenters. The fourth-order valence-corrected chi connectivity index (χ4v) is 4.20. The van der Waals surface area contributed by atoms with Gasteiger partial charge in [-0.3, -0.25) is 14.6 Å². The summed E-state index contributed by atoms with van der Waals surface area (Å²) in [6, 6.07) is 9.53. The van der Waals surface area contributed by atoms with Crippen molar-refractivity contribution < 1.29 is 9.59 Å². The molecular formula is C22H27N5O2. The highest BCUT2D eigenvalue weighted by atomic mass is 16.2. The first kappa shape index (κ1) is 19.4. The molecule has 2 aliphatic rings. The van der Waals surface area contributed by atoms with Crippen molar-refractivity contribution in [3.63, 3.8) is 0 Å². The molecule has 0 radical (unpaired) electrons. The van der Waals surface area contributed by atoms with E-state index < -0.39 is 0 Å². The first-order valence-corrected chi connectivity index (χ1v) is 10.4. The van der Waals surface area contributed by atoms with Gasteiger partial charge in [-0.25, -0.2) is 4.98 Å². The van der Waals surface area contributed by atoms with Gasteiger partial charge < -0.3 is 15.1 Å². The number of aromatic nitrogens is 2. The summed E-state index contributed by atoms with van der Waals surface area (Å²) in [4.78, 5) is 38.0. The van der Waals surface area contributed by atoms with Crippen molar-refractivity contribution >= 4 is 23.3 Å². The average molecular weight is 393 g/mol. The molecule has 7 heteroatoms. The number of hydrogen-bond acceptors (Lipinski definition) is 5. The molecule has 2 aliphatic heterocycles. The van der Waals surface area contributed by atoms with Crippen LogP contribution in [0.5, 0.6) is 0 Å². The van der Waals surface area contributed by atoms with E-state index in [9.17, 15) is 9.59 Å². The van der Waals surface area contributed by atoms with Crippen LogP contribution in [0.1, 0.15) is 25.7 Å². The zero-order chi connectivity index (χ0) is 20.1. The maximum Gasteiger partial charge on any atom is 0.227 e. The van der Waals surface area contributed by atoms with E-state index in [2.05, 4.69) is 20.2 Å². The second kappa shape index (κ2) is 9.03.